The fraction of sp³-hybridized carbons (Fsp3) is 0.538. The highest BCUT2D eigenvalue weighted by atomic mass is 79.9. The summed E-state index contributed by atoms with van der Waals surface area (Å²) in [6, 6.07) is 4.62. The first-order chi connectivity index (χ1) is 8.50. The standard InChI is InChI=1S/C13H16BrF2NO/c1-13(16,7-9-8-18-6-5-17-9)10-3-2-4-11(14)12(10)15/h2-4,9,17H,5-8H2,1H3. The molecule has 2 rings (SSSR count). The van der Waals surface area contributed by atoms with Gasteiger partial charge in [0, 0.05) is 24.6 Å². The quantitative estimate of drug-likeness (QED) is 0.924. The molecule has 1 aliphatic heterocycles. The van der Waals surface area contributed by atoms with Crippen LogP contribution in [0.2, 0.25) is 0 Å². The molecule has 1 saturated heterocycles. The Morgan fingerprint density at radius 1 is 1.56 bits per heavy atom. The molecule has 0 bridgehead atoms. The molecule has 100 valence electrons. The molecule has 5 heteroatoms. The van der Waals surface area contributed by atoms with Crippen LogP contribution in [-0.4, -0.2) is 25.8 Å². The molecule has 0 aliphatic carbocycles. The third-order valence-corrected chi connectivity index (χ3v) is 3.75. The van der Waals surface area contributed by atoms with Crippen molar-refractivity contribution in [1.29, 1.82) is 0 Å². The Kier molecular flexibility index (Phi) is 4.35. The monoisotopic (exact) mass is 319 g/mol. The van der Waals surface area contributed by atoms with Gasteiger partial charge in [-0.15, -0.1) is 0 Å². The van der Waals surface area contributed by atoms with Crippen molar-refractivity contribution in [2.45, 2.75) is 25.1 Å². The number of morpholine rings is 1. The number of alkyl halides is 1. The smallest absolute Gasteiger partial charge is 0.143 e. The highest BCUT2D eigenvalue weighted by molar-refractivity contribution is 9.10. The van der Waals surface area contributed by atoms with Crippen LogP contribution in [0.1, 0.15) is 18.9 Å². The van der Waals surface area contributed by atoms with E-state index in [4.69, 9.17) is 4.74 Å². The van der Waals surface area contributed by atoms with Gasteiger partial charge < -0.3 is 10.1 Å². The lowest BCUT2D eigenvalue weighted by atomic mass is 9.90. The minimum absolute atomic E-state index is 0.0767. The third kappa shape index (κ3) is 3.08. The van der Waals surface area contributed by atoms with Crippen molar-refractivity contribution in [1.82, 2.24) is 5.32 Å². The van der Waals surface area contributed by atoms with Gasteiger partial charge in [-0.2, -0.15) is 0 Å². The van der Waals surface area contributed by atoms with Crippen LogP contribution >= 0.6 is 15.9 Å². The van der Waals surface area contributed by atoms with E-state index < -0.39 is 11.5 Å². The lowest BCUT2D eigenvalue weighted by molar-refractivity contribution is 0.0464. The number of nitrogens with one attached hydrogen (secondary N) is 1. The summed E-state index contributed by atoms with van der Waals surface area (Å²) in [6.07, 6.45) is 0.195. The van der Waals surface area contributed by atoms with Gasteiger partial charge in [0.1, 0.15) is 11.5 Å². The van der Waals surface area contributed by atoms with E-state index >= 15 is 0 Å². The molecule has 0 spiro atoms. The van der Waals surface area contributed by atoms with E-state index in [0.717, 1.165) is 0 Å². The van der Waals surface area contributed by atoms with Gasteiger partial charge in [-0.3, -0.25) is 0 Å². The molecule has 0 radical (unpaired) electrons. The molecule has 1 fully saturated rings. The lowest BCUT2D eigenvalue weighted by Gasteiger charge is -2.30. The number of hydrogen-bond donors (Lipinski definition) is 1. The van der Waals surface area contributed by atoms with Gasteiger partial charge in [-0.1, -0.05) is 12.1 Å². The van der Waals surface area contributed by atoms with Crippen molar-refractivity contribution in [3.8, 4) is 0 Å². The van der Waals surface area contributed by atoms with Crippen LogP contribution in [0, 0.1) is 5.82 Å². The Morgan fingerprint density at radius 3 is 3.00 bits per heavy atom. The minimum Gasteiger partial charge on any atom is -0.379 e. The van der Waals surface area contributed by atoms with Crippen LogP contribution in [0.4, 0.5) is 8.78 Å². The first-order valence-electron chi connectivity index (χ1n) is 5.95. The summed E-state index contributed by atoms with van der Waals surface area (Å²) in [5.41, 5.74) is -1.63. The molecule has 0 aromatic heterocycles. The molecule has 1 aromatic carbocycles. The van der Waals surface area contributed by atoms with Crippen LogP contribution in [0.15, 0.2) is 22.7 Å². The maximum atomic E-state index is 14.7. The predicted octanol–water partition coefficient (Wildman–Crippen LogP) is 3.15. The van der Waals surface area contributed by atoms with E-state index in [1.54, 1.807) is 12.1 Å². The molecular formula is C13H16BrF2NO. The zero-order chi connectivity index (χ0) is 13.2. The lowest BCUT2D eigenvalue weighted by Crippen LogP contribution is -2.44. The maximum Gasteiger partial charge on any atom is 0.143 e. The Balaban J connectivity index is 2.16. The van der Waals surface area contributed by atoms with E-state index in [9.17, 15) is 8.78 Å². The Morgan fingerprint density at radius 2 is 2.33 bits per heavy atom. The molecular weight excluding hydrogens is 304 g/mol. The zero-order valence-electron chi connectivity index (χ0n) is 10.2. The van der Waals surface area contributed by atoms with Gasteiger partial charge in [-0.25, -0.2) is 8.78 Å². The van der Waals surface area contributed by atoms with Crippen LogP contribution in [-0.2, 0) is 10.4 Å². The summed E-state index contributed by atoms with van der Waals surface area (Å²) in [5.74, 6) is -0.528. The number of halogens is 3. The SMILES string of the molecule is CC(F)(CC1COCCN1)c1cccc(Br)c1F. The summed E-state index contributed by atoms with van der Waals surface area (Å²) >= 11 is 3.08. The molecule has 0 amide bonds. The van der Waals surface area contributed by atoms with Crippen molar-refractivity contribution < 1.29 is 13.5 Å². The van der Waals surface area contributed by atoms with Gasteiger partial charge in [0.05, 0.1) is 17.7 Å². The summed E-state index contributed by atoms with van der Waals surface area (Å²) in [5, 5.41) is 3.18. The molecule has 1 aromatic rings. The normalized spacial score (nSPS) is 23.7. The summed E-state index contributed by atoms with van der Waals surface area (Å²) in [6.45, 7) is 3.23. The number of hydrogen-bond acceptors (Lipinski definition) is 2. The van der Waals surface area contributed by atoms with E-state index in [1.807, 2.05) is 0 Å². The third-order valence-electron chi connectivity index (χ3n) is 3.14. The molecule has 2 nitrogen and oxygen atoms in total. The topological polar surface area (TPSA) is 21.3 Å². The Labute approximate surface area is 114 Å². The second-order valence-corrected chi connectivity index (χ2v) is 5.58. The van der Waals surface area contributed by atoms with Gasteiger partial charge >= 0.3 is 0 Å². The fourth-order valence-corrected chi connectivity index (χ4v) is 2.60. The average molecular weight is 320 g/mol. The molecule has 1 aliphatic rings. The van der Waals surface area contributed by atoms with Crippen molar-refractivity contribution in [2.24, 2.45) is 0 Å². The molecule has 18 heavy (non-hydrogen) atoms. The van der Waals surface area contributed by atoms with Gasteiger partial charge in [-0.05, 0) is 28.9 Å². The summed E-state index contributed by atoms with van der Waals surface area (Å²) in [7, 11) is 0. The van der Waals surface area contributed by atoms with Crippen molar-refractivity contribution >= 4 is 15.9 Å². The first-order valence-corrected chi connectivity index (χ1v) is 6.74. The van der Waals surface area contributed by atoms with Crippen LogP contribution in [0.25, 0.3) is 0 Å². The van der Waals surface area contributed by atoms with Crippen molar-refractivity contribution in [3.05, 3.63) is 34.1 Å². The second-order valence-electron chi connectivity index (χ2n) is 4.73. The van der Waals surface area contributed by atoms with Crippen molar-refractivity contribution in [2.75, 3.05) is 19.8 Å². The summed E-state index contributed by atoms with van der Waals surface area (Å²) < 4.78 is 34.2. The first kappa shape index (κ1) is 13.9. The van der Waals surface area contributed by atoms with Crippen LogP contribution < -0.4 is 5.32 Å². The zero-order valence-corrected chi connectivity index (χ0v) is 11.8. The predicted molar refractivity (Wildman–Crippen MR) is 69.8 cm³/mol. The van der Waals surface area contributed by atoms with E-state index in [1.165, 1.54) is 13.0 Å². The molecule has 1 heterocycles. The largest absolute Gasteiger partial charge is 0.379 e. The molecule has 0 saturated carbocycles. The van der Waals surface area contributed by atoms with Crippen LogP contribution in [0.3, 0.4) is 0 Å². The highest BCUT2D eigenvalue weighted by Crippen LogP contribution is 2.35. The van der Waals surface area contributed by atoms with Crippen molar-refractivity contribution in [3.63, 3.8) is 0 Å². The van der Waals surface area contributed by atoms with Gasteiger partial charge in [0.15, 0.2) is 0 Å². The Hall–Kier alpha value is -0.520. The number of rotatable bonds is 3. The summed E-state index contributed by atoms with van der Waals surface area (Å²) in [4.78, 5) is 0. The Bertz CT molecular complexity index is 419. The van der Waals surface area contributed by atoms with E-state index in [-0.39, 0.29) is 22.5 Å². The van der Waals surface area contributed by atoms with E-state index in [2.05, 4.69) is 21.2 Å². The highest BCUT2D eigenvalue weighted by Gasteiger charge is 2.33. The number of ether oxygens (including phenoxy) is 1. The molecule has 2 unspecified atom stereocenters. The average Bonchev–Trinajstić information content (AvgIpc) is 2.33. The fourth-order valence-electron chi connectivity index (χ4n) is 2.23. The minimum atomic E-state index is -1.72. The van der Waals surface area contributed by atoms with E-state index in [0.29, 0.717) is 19.8 Å². The second kappa shape index (κ2) is 5.63. The maximum absolute atomic E-state index is 14.7. The molecule has 2 atom stereocenters. The molecule has 1 N–H and O–H groups in total. The van der Waals surface area contributed by atoms with Gasteiger partial charge in [0.2, 0.25) is 0 Å². The van der Waals surface area contributed by atoms with Gasteiger partial charge in [0.25, 0.3) is 0 Å². The number of benzene rings is 1. The van der Waals surface area contributed by atoms with Crippen LogP contribution in [0.5, 0.6) is 0 Å².